The molecule has 148 valence electrons. The molecule has 0 bridgehead atoms. The Bertz CT molecular complexity index is 362. The SMILES string of the molecule is COCCOC(=O)CCCCCOC(=O)OCC(CI)(CI)COC. The summed E-state index contributed by atoms with van der Waals surface area (Å²) < 4.78 is 26.9. The molecule has 0 spiro atoms. The zero-order valence-corrected chi connectivity index (χ0v) is 19.2. The molecule has 0 radical (unpaired) electrons. The van der Waals surface area contributed by atoms with Gasteiger partial charge >= 0.3 is 12.1 Å². The maximum absolute atomic E-state index is 11.6. The monoisotopic (exact) mass is 586 g/mol. The predicted octanol–water partition coefficient (Wildman–Crippen LogP) is 3.39. The number of rotatable bonds is 15. The van der Waals surface area contributed by atoms with Crippen LogP contribution in [-0.2, 0) is 28.5 Å². The fourth-order valence-electron chi connectivity index (χ4n) is 1.81. The van der Waals surface area contributed by atoms with E-state index in [1.807, 2.05) is 0 Å². The number of alkyl halides is 2. The van der Waals surface area contributed by atoms with Crippen molar-refractivity contribution in [1.29, 1.82) is 0 Å². The van der Waals surface area contributed by atoms with Gasteiger partial charge in [0.15, 0.2) is 0 Å². The van der Waals surface area contributed by atoms with Crippen molar-refractivity contribution in [2.24, 2.45) is 5.41 Å². The molecule has 0 saturated heterocycles. The maximum Gasteiger partial charge on any atom is 0.508 e. The lowest BCUT2D eigenvalue weighted by Crippen LogP contribution is -2.36. The summed E-state index contributed by atoms with van der Waals surface area (Å²) in [6.45, 7) is 1.78. The van der Waals surface area contributed by atoms with Crippen LogP contribution < -0.4 is 0 Å². The molecule has 0 atom stereocenters. The summed E-state index contributed by atoms with van der Waals surface area (Å²) in [4.78, 5) is 23.0. The minimum Gasteiger partial charge on any atom is -0.463 e. The molecule has 25 heavy (non-hydrogen) atoms. The van der Waals surface area contributed by atoms with Crippen LogP contribution in [0.4, 0.5) is 4.79 Å². The van der Waals surface area contributed by atoms with E-state index >= 15 is 0 Å². The van der Waals surface area contributed by atoms with Crippen LogP contribution in [0.5, 0.6) is 0 Å². The molecule has 0 aromatic carbocycles. The number of esters is 1. The fourth-order valence-corrected chi connectivity index (χ4v) is 4.26. The van der Waals surface area contributed by atoms with E-state index in [4.69, 9.17) is 23.7 Å². The number of ether oxygens (including phenoxy) is 5. The van der Waals surface area contributed by atoms with Crippen molar-refractivity contribution in [2.75, 3.05) is 56.1 Å². The van der Waals surface area contributed by atoms with Crippen LogP contribution in [0.15, 0.2) is 0 Å². The Morgan fingerprint density at radius 2 is 1.52 bits per heavy atom. The highest BCUT2D eigenvalue weighted by atomic mass is 127. The minimum absolute atomic E-state index is 0.182. The van der Waals surface area contributed by atoms with Crippen molar-refractivity contribution in [3.8, 4) is 0 Å². The molecular formula is C16H28I2O7. The smallest absolute Gasteiger partial charge is 0.463 e. The molecule has 0 N–H and O–H groups in total. The van der Waals surface area contributed by atoms with Gasteiger partial charge in [0.1, 0.15) is 13.2 Å². The number of methoxy groups -OCH3 is 2. The van der Waals surface area contributed by atoms with Gasteiger partial charge in [0.25, 0.3) is 0 Å². The fraction of sp³-hybridized carbons (Fsp3) is 0.875. The topological polar surface area (TPSA) is 80.3 Å². The zero-order chi connectivity index (χ0) is 19.0. The van der Waals surface area contributed by atoms with Gasteiger partial charge in [0, 0.05) is 34.9 Å². The zero-order valence-electron chi connectivity index (χ0n) is 14.9. The average molecular weight is 586 g/mol. The van der Waals surface area contributed by atoms with Crippen molar-refractivity contribution >= 4 is 57.3 Å². The van der Waals surface area contributed by atoms with Crippen LogP contribution in [-0.4, -0.2) is 68.2 Å². The molecule has 0 fully saturated rings. The highest BCUT2D eigenvalue weighted by Crippen LogP contribution is 2.24. The second-order valence-electron chi connectivity index (χ2n) is 5.61. The third-order valence-electron chi connectivity index (χ3n) is 3.31. The van der Waals surface area contributed by atoms with E-state index in [1.54, 1.807) is 14.2 Å². The second-order valence-corrected chi connectivity index (χ2v) is 7.14. The Labute approximate surface area is 177 Å². The van der Waals surface area contributed by atoms with E-state index < -0.39 is 6.16 Å². The van der Waals surface area contributed by atoms with Gasteiger partial charge in [-0.05, 0) is 19.3 Å². The number of carbonyl (C=O) groups is 2. The van der Waals surface area contributed by atoms with Gasteiger partial charge in [0.05, 0.1) is 19.8 Å². The van der Waals surface area contributed by atoms with Crippen molar-refractivity contribution in [3.63, 3.8) is 0 Å². The van der Waals surface area contributed by atoms with Crippen LogP contribution >= 0.6 is 45.2 Å². The van der Waals surface area contributed by atoms with E-state index in [-0.39, 0.29) is 31.2 Å². The largest absolute Gasteiger partial charge is 0.508 e. The van der Waals surface area contributed by atoms with Crippen molar-refractivity contribution < 1.29 is 33.3 Å². The highest BCUT2D eigenvalue weighted by molar-refractivity contribution is 14.1. The summed E-state index contributed by atoms with van der Waals surface area (Å²) in [6.07, 6.45) is 1.86. The van der Waals surface area contributed by atoms with Crippen LogP contribution in [0.2, 0.25) is 0 Å². The second kappa shape index (κ2) is 16.3. The lowest BCUT2D eigenvalue weighted by atomic mass is 9.96. The molecule has 9 heteroatoms. The summed E-state index contributed by atoms with van der Waals surface area (Å²) in [6, 6.07) is 0. The molecule has 0 amide bonds. The lowest BCUT2D eigenvalue weighted by Gasteiger charge is -2.28. The Hall–Kier alpha value is 0.120. The third-order valence-corrected chi connectivity index (χ3v) is 6.55. The highest BCUT2D eigenvalue weighted by Gasteiger charge is 2.30. The van der Waals surface area contributed by atoms with Crippen molar-refractivity contribution in [1.82, 2.24) is 0 Å². The van der Waals surface area contributed by atoms with Gasteiger partial charge in [-0.2, -0.15) is 0 Å². The lowest BCUT2D eigenvalue weighted by molar-refractivity contribution is -0.145. The van der Waals surface area contributed by atoms with E-state index in [1.165, 1.54) is 0 Å². The van der Waals surface area contributed by atoms with Gasteiger partial charge in [-0.3, -0.25) is 4.79 Å². The molecular weight excluding hydrogens is 558 g/mol. The van der Waals surface area contributed by atoms with Gasteiger partial charge in [-0.15, -0.1) is 0 Å². The van der Waals surface area contributed by atoms with E-state index in [0.717, 1.165) is 15.3 Å². The number of halogens is 2. The maximum atomic E-state index is 11.6. The first-order chi connectivity index (χ1) is 12.0. The summed E-state index contributed by atoms with van der Waals surface area (Å²) in [5.41, 5.74) is -0.182. The molecule has 0 unspecified atom stereocenters. The molecule has 0 aromatic heterocycles. The first-order valence-corrected chi connectivity index (χ1v) is 11.1. The third kappa shape index (κ3) is 13.0. The molecule has 0 rings (SSSR count). The number of hydrogen-bond donors (Lipinski definition) is 0. The van der Waals surface area contributed by atoms with Crippen LogP contribution in [0.3, 0.4) is 0 Å². The molecule has 0 aliphatic carbocycles. The average Bonchev–Trinajstić information content (AvgIpc) is 2.62. The number of hydrogen-bond acceptors (Lipinski definition) is 7. The van der Waals surface area contributed by atoms with Gasteiger partial charge < -0.3 is 23.7 Å². The first-order valence-electron chi connectivity index (χ1n) is 8.08. The molecule has 0 aliphatic rings. The number of carbonyl (C=O) groups excluding carboxylic acids is 2. The quantitative estimate of drug-likeness (QED) is 0.126. The predicted molar refractivity (Wildman–Crippen MR) is 111 cm³/mol. The summed E-state index contributed by atoms with van der Waals surface area (Å²) in [7, 11) is 3.19. The van der Waals surface area contributed by atoms with Gasteiger partial charge in [0.2, 0.25) is 0 Å². The Kier molecular flexibility index (Phi) is 16.4. The molecule has 0 saturated carbocycles. The van der Waals surface area contributed by atoms with Crippen LogP contribution in [0.25, 0.3) is 0 Å². The van der Waals surface area contributed by atoms with Crippen LogP contribution in [0.1, 0.15) is 25.7 Å². The van der Waals surface area contributed by atoms with Crippen molar-refractivity contribution in [3.05, 3.63) is 0 Å². The summed E-state index contributed by atoms with van der Waals surface area (Å²) >= 11 is 4.54. The normalized spacial score (nSPS) is 11.2. The Morgan fingerprint density at radius 3 is 2.12 bits per heavy atom. The standard InChI is InChI=1S/C16H28I2O7/c1-21-8-9-23-14(19)6-4-3-5-7-24-15(20)25-13-16(10-17,11-18)12-22-2/h3-13H2,1-2H3. The van der Waals surface area contributed by atoms with E-state index in [2.05, 4.69) is 45.2 Å². The van der Waals surface area contributed by atoms with Gasteiger partial charge in [-0.1, -0.05) is 45.2 Å². The molecule has 0 aromatic rings. The first kappa shape index (κ1) is 25.1. The minimum atomic E-state index is -0.658. The molecule has 0 aliphatic heterocycles. The summed E-state index contributed by atoms with van der Waals surface area (Å²) in [5.74, 6) is -0.232. The summed E-state index contributed by atoms with van der Waals surface area (Å²) in [5, 5.41) is 0. The van der Waals surface area contributed by atoms with Crippen molar-refractivity contribution in [2.45, 2.75) is 25.7 Å². The molecule has 0 heterocycles. The number of unbranched alkanes of at least 4 members (excludes halogenated alkanes) is 2. The van der Waals surface area contributed by atoms with E-state index in [0.29, 0.717) is 32.5 Å². The Balaban J connectivity index is 3.71. The van der Waals surface area contributed by atoms with E-state index in [9.17, 15) is 9.59 Å². The molecule has 7 nitrogen and oxygen atoms in total. The van der Waals surface area contributed by atoms with Crippen LogP contribution in [0, 0.1) is 5.41 Å². The van der Waals surface area contributed by atoms with Gasteiger partial charge in [-0.25, -0.2) is 4.79 Å². The Morgan fingerprint density at radius 1 is 0.800 bits per heavy atom.